The Kier molecular flexibility index (Phi) is 2.50. The monoisotopic (exact) mass is 274 g/mol. The maximum Gasteiger partial charge on any atom is 0.259 e. The maximum absolute atomic E-state index is 12.3. The highest BCUT2D eigenvalue weighted by atomic mass is 16.1. The van der Waals surface area contributed by atoms with Crippen molar-refractivity contribution in [2.75, 3.05) is 0 Å². The van der Waals surface area contributed by atoms with E-state index in [4.69, 9.17) is 0 Å². The van der Waals surface area contributed by atoms with Crippen molar-refractivity contribution in [3.05, 3.63) is 65.3 Å². The lowest BCUT2D eigenvalue weighted by Gasteiger charge is -2.04. The van der Waals surface area contributed by atoms with Crippen molar-refractivity contribution in [1.29, 1.82) is 0 Å². The molecule has 2 aromatic carbocycles. The quantitative estimate of drug-likeness (QED) is 0.541. The van der Waals surface area contributed by atoms with Gasteiger partial charge in [-0.2, -0.15) is 0 Å². The summed E-state index contributed by atoms with van der Waals surface area (Å²) in [6, 6.07) is 11.7. The molecule has 21 heavy (non-hydrogen) atoms. The van der Waals surface area contributed by atoms with Gasteiger partial charge in [0.15, 0.2) is 5.82 Å². The van der Waals surface area contributed by atoms with Crippen molar-refractivity contribution < 1.29 is 0 Å². The third kappa shape index (κ3) is 1.95. The molecule has 2 aromatic heterocycles. The van der Waals surface area contributed by atoms with Crippen molar-refractivity contribution >= 4 is 21.7 Å². The fraction of sp³-hybridized carbons (Fsp3) is 0. The summed E-state index contributed by atoms with van der Waals surface area (Å²) in [6.45, 7) is 0. The van der Waals surface area contributed by atoms with Crippen LogP contribution in [0, 0.1) is 0 Å². The Morgan fingerprint density at radius 2 is 1.81 bits per heavy atom. The molecule has 0 saturated carbocycles. The third-order valence-corrected chi connectivity index (χ3v) is 3.38. The van der Waals surface area contributed by atoms with Crippen molar-refractivity contribution in [1.82, 2.24) is 19.9 Å². The fourth-order valence-corrected chi connectivity index (χ4v) is 2.37. The molecule has 0 aliphatic carbocycles. The molecule has 100 valence electrons. The highest BCUT2D eigenvalue weighted by Gasteiger charge is 2.08. The van der Waals surface area contributed by atoms with Gasteiger partial charge in [0, 0.05) is 12.4 Å². The molecule has 0 atom stereocenters. The van der Waals surface area contributed by atoms with E-state index in [1.54, 1.807) is 18.6 Å². The first-order chi connectivity index (χ1) is 10.3. The van der Waals surface area contributed by atoms with Crippen LogP contribution in [0.15, 0.2) is 59.8 Å². The summed E-state index contributed by atoms with van der Waals surface area (Å²) in [7, 11) is 0. The van der Waals surface area contributed by atoms with E-state index in [9.17, 15) is 4.79 Å². The van der Waals surface area contributed by atoms with E-state index in [2.05, 4.69) is 19.9 Å². The lowest BCUT2D eigenvalue weighted by atomic mass is 10.1. The Labute approximate surface area is 119 Å². The van der Waals surface area contributed by atoms with Crippen LogP contribution in [0.4, 0.5) is 0 Å². The smallest absolute Gasteiger partial charge is 0.259 e. The van der Waals surface area contributed by atoms with Gasteiger partial charge in [0.2, 0.25) is 0 Å². The standard InChI is InChI=1S/C16H10N4O/c21-16-12-7-10-3-1-2-4-11(10)8-13(12)19-15(20-16)14-9-17-5-6-18-14/h1-9H,(H,19,20,21). The van der Waals surface area contributed by atoms with Crippen molar-refractivity contribution in [3.63, 3.8) is 0 Å². The second-order valence-electron chi connectivity index (χ2n) is 4.72. The van der Waals surface area contributed by atoms with Crippen molar-refractivity contribution in [2.45, 2.75) is 0 Å². The van der Waals surface area contributed by atoms with Crippen LogP contribution in [-0.2, 0) is 0 Å². The summed E-state index contributed by atoms with van der Waals surface area (Å²) in [5.41, 5.74) is 1.02. The summed E-state index contributed by atoms with van der Waals surface area (Å²) in [5.74, 6) is 0.427. The lowest BCUT2D eigenvalue weighted by molar-refractivity contribution is 1.11. The van der Waals surface area contributed by atoms with Crippen molar-refractivity contribution in [2.24, 2.45) is 0 Å². The zero-order valence-electron chi connectivity index (χ0n) is 10.9. The summed E-state index contributed by atoms with van der Waals surface area (Å²) in [4.78, 5) is 27.7. The van der Waals surface area contributed by atoms with Gasteiger partial charge in [0.1, 0.15) is 5.69 Å². The third-order valence-electron chi connectivity index (χ3n) is 3.38. The van der Waals surface area contributed by atoms with Crippen LogP contribution in [0.2, 0.25) is 0 Å². The Morgan fingerprint density at radius 3 is 2.57 bits per heavy atom. The molecule has 0 saturated heterocycles. The molecule has 0 bridgehead atoms. The van der Waals surface area contributed by atoms with E-state index in [1.807, 2.05) is 36.4 Å². The topological polar surface area (TPSA) is 71.5 Å². The SMILES string of the molecule is O=c1[nH]c(-c2cnccn2)nc2cc3ccccc3cc12. The van der Waals surface area contributed by atoms with Crippen LogP contribution in [0.1, 0.15) is 0 Å². The number of fused-ring (bicyclic) bond motifs is 2. The molecule has 0 radical (unpaired) electrons. The van der Waals surface area contributed by atoms with Gasteiger partial charge in [-0.05, 0) is 22.9 Å². The summed E-state index contributed by atoms with van der Waals surface area (Å²) in [5, 5.41) is 2.64. The number of nitrogens with zero attached hydrogens (tertiary/aromatic N) is 3. The average molecular weight is 274 g/mol. The molecule has 5 nitrogen and oxygen atoms in total. The van der Waals surface area contributed by atoms with E-state index < -0.39 is 0 Å². The molecule has 4 aromatic rings. The number of H-pyrrole nitrogens is 1. The molecule has 0 spiro atoms. The minimum Gasteiger partial charge on any atom is -0.305 e. The normalized spacial score (nSPS) is 11.0. The van der Waals surface area contributed by atoms with Crippen LogP contribution in [0.3, 0.4) is 0 Å². The second-order valence-corrected chi connectivity index (χ2v) is 4.72. The summed E-state index contributed by atoms with van der Waals surface area (Å²) >= 11 is 0. The molecule has 0 aliphatic rings. The minimum atomic E-state index is -0.175. The van der Waals surface area contributed by atoms with E-state index in [-0.39, 0.29) is 5.56 Å². The predicted molar refractivity (Wildman–Crippen MR) is 80.9 cm³/mol. The molecule has 1 N–H and O–H groups in total. The number of nitrogens with one attached hydrogen (secondary N) is 1. The Hall–Kier alpha value is -3.08. The van der Waals surface area contributed by atoms with E-state index in [0.717, 1.165) is 10.8 Å². The Bertz CT molecular complexity index is 1010. The number of benzene rings is 2. The average Bonchev–Trinajstić information content (AvgIpc) is 2.54. The van der Waals surface area contributed by atoms with Crippen LogP contribution < -0.4 is 5.56 Å². The van der Waals surface area contributed by atoms with Gasteiger partial charge >= 0.3 is 0 Å². The number of rotatable bonds is 1. The minimum absolute atomic E-state index is 0.175. The fourth-order valence-electron chi connectivity index (χ4n) is 2.37. The van der Waals surface area contributed by atoms with E-state index in [1.165, 1.54) is 0 Å². The molecule has 0 amide bonds. The number of aromatic nitrogens is 4. The zero-order chi connectivity index (χ0) is 14.2. The van der Waals surface area contributed by atoms with Crippen LogP contribution in [-0.4, -0.2) is 19.9 Å². The van der Waals surface area contributed by atoms with Crippen molar-refractivity contribution in [3.8, 4) is 11.5 Å². The molecular weight excluding hydrogens is 264 g/mol. The molecule has 0 fully saturated rings. The number of hydrogen-bond donors (Lipinski definition) is 1. The number of hydrogen-bond acceptors (Lipinski definition) is 4. The summed E-state index contributed by atoms with van der Waals surface area (Å²) in [6.07, 6.45) is 4.72. The number of aromatic amines is 1. The molecule has 0 unspecified atom stereocenters. The van der Waals surface area contributed by atoms with Gasteiger partial charge in [-0.3, -0.25) is 9.78 Å². The summed E-state index contributed by atoms with van der Waals surface area (Å²) < 4.78 is 0. The predicted octanol–water partition coefficient (Wildman–Crippen LogP) is 2.53. The van der Waals surface area contributed by atoms with Crippen LogP contribution >= 0.6 is 0 Å². The van der Waals surface area contributed by atoms with Gasteiger partial charge in [-0.1, -0.05) is 24.3 Å². The first-order valence-corrected chi connectivity index (χ1v) is 6.50. The maximum atomic E-state index is 12.3. The van der Waals surface area contributed by atoms with E-state index >= 15 is 0 Å². The molecule has 5 heteroatoms. The first kappa shape index (κ1) is 11.7. The molecule has 2 heterocycles. The van der Waals surface area contributed by atoms with Crippen LogP contribution in [0.25, 0.3) is 33.2 Å². The van der Waals surface area contributed by atoms with E-state index in [0.29, 0.717) is 22.4 Å². The Morgan fingerprint density at radius 1 is 1.00 bits per heavy atom. The lowest BCUT2D eigenvalue weighted by Crippen LogP contribution is -2.10. The molecule has 4 rings (SSSR count). The highest BCUT2D eigenvalue weighted by molar-refractivity contribution is 5.96. The molecule has 0 aliphatic heterocycles. The van der Waals surface area contributed by atoms with Gasteiger partial charge in [-0.15, -0.1) is 0 Å². The van der Waals surface area contributed by atoms with Gasteiger partial charge in [0.05, 0.1) is 17.1 Å². The zero-order valence-corrected chi connectivity index (χ0v) is 10.9. The Balaban J connectivity index is 2.05. The van der Waals surface area contributed by atoms with Crippen LogP contribution in [0.5, 0.6) is 0 Å². The van der Waals surface area contributed by atoms with Gasteiger partial charge < -0.3 is 4.98 Å². The molecular formula is C16H10N4O. The van der Waals surface area contributed by atoms with Gasteiger partial charge in [0.25, 0.3) is 5.56 Å². The second kappa shape index (κ2) is 4.49. The highest BCUT2D eigenvalue weighted by Crippen LogP contribution is 2.20. The van der Waals surface area contributed by atoms with Gasteiger partial charge in [-0.25, -0.2) is 9.97 Å². The largest absolute Gasteiger partial charge is 0.305 e. The first-order valence-electron chi connectivity index (χ1n) is 6.50.